The van der Waals surface area contributed by atoms with Crippen LogP contribution in [0.15, 0.2) is 29.4 Å². The van der Waals surface area contributed by atoms with Gasteiger partial charge in [0.2, 0.25) is 0 Å². The van der Waals surface area contributed by atoms with E-state index < -0.39 is 0 Å². The van der Waals surface area contributed by atoms with Crippen molar-refractivity contribution in [2.75, 3.05) is 7.05 Å². The summed E-state index contributed by atoms with van der Waals surface area (Å²) in [5.74, 6) is -0.324. The standard InChI is InChI=1S/C11H14N2O3/c1-12-11(15)6-13-16-8-10-5-3-2-4-9(10)7-14/h2-6,14H,7-8H2,1H3,(H,12,15). The van der Waals surface area contributed by atoms with Gasteiger partial charge in [-0.25, -0.2) is 0 Å². The summed E-state index contributed by atoms with van der Waals surface area (Å²) in [5.41, 5.74) is 1.64. The van der Waals surface area contributed by atoms with Gasteiger partial charge < -0.3 is 15.3 Å². The van der Waals surface area contributed by atoms with E-state index in [9.17, 15) is 4.79 Å². The Morgan fingerprint density at radius 2 is 2.19 bits per heavy atom. The van der Waals surface area contributed by atoms with Crippen LogP contribution in [0.4, 0.5) is 0 Å². The molecule has 0 saturated carbocycles. The fourth-order valence-electron chi connectivity index (χ4n) is 1.11. The highest BCUT2D eigenvalue weighted by molar-refractivity contribution is 6.25. The summed E-state index contributed by atoms with van der Waals surface area (Å²) in [4.78, 5) is 15.7. The molecule has 0 heterocycles. The molecule has 1 aromatic carbocycles. The quantitative estimate of drug-likeness (QED) is 0.560. The monoisotopic (exact) mass is 222 g/mol. The van der Waals surface area contributed by atoms with E-state index in [0.29, 0.717) is 0 Å². The van der Waals surface area contributed by atoms with Crippen molar-refractivity contribution in [2.45, 2.75) is 13.2 Å². The average Bonchev–Trinajstić information content (AvgIpc) is 2.34. The van der Waals surface area contributed by atoms with Crippen molar-refractivity contribution in [3.63, 3.8) is 0 Å². The maximum absolute atomic E-state index is 10.8. The van der Waals surface area contributed by atoms with Gasteiger partial charge in [-0.05, 0) is 11.1 Å². The van der Waals surface area contributed by atoms with Crippen LogP contribution in [-0.4, -0.2) is 24.3 Å². The predicted octanol–water partition coefficient (Wildman–Crippen LogP) is 0.427. The average molecular weight is 222 g/mol. The summed E-state index contributed by atoms with van der Waals surface area (Å²) < 4.78 is 0. The van der Waals surface area contributed by atoms with Crippen molar-refractivity contribution >= 4 is 12.1 Å². The molecule has 1 rings (SSSR count). The molecule has 0 bridgehead atoms. The second-order valence-electron chi connectivity index (χ2n) is 3.05. The summed E-state index contributed by atoms with van der Waals surface area (Å²) in [6.07, 6.45) is 1.06. The van der Waals surface area contributed by atoms with E-state index in [1.165, 1.54) is 7.05 Å². The van der Waals surface area contributed by atoms with Crippen molar-refractivity contribution in [3.8, 4) is 0 Å². The summed E-state index contributed by atoms with van der Waals surface area (Å²) in [6, 6.07) is 7.32. The fourth-order valence-corrected chi connectivity index (χ4v) is 1.11. The Labute approximate surface area is 93.7 Å². The molecular formula is C11H14N2O3. The van der Waals surface area contributed by atoms with Crippen LogP contribution in [0.1, 0.15) is 11.1 Å². The van der Waals surface area contributed by atoms with Crippen molar-refractivity contribution in [2.24, 2.45) is 5.16 Å². The molecule has 0 fully saturated rings. The minimum absolute atomic E-state index is 0.0430. The normalized spacial score (nSPS) is 10.4. The second kappa shape index (κ2) is 6.58. The van der Waals surface area contributed by atoms with Gasteiger partial charge in [-0.1, -0.05) is 29.4 Å². The first-order chi connectivity index (χ1) is 7.77. The Morgan fingerprint density at radius 3 is 2.81 bits per heavy atom. The molecule has 86 valence electrons. The van der Waals surface area contributed by atoms with E-state index in [1.54, 1.807) is 6.07 Å². The molecular weight excluding hydrogens is 208 g/mol. The first-order valence-corrected chi connectivity index (χ1v) is 4.82. The van der Waals surface area contributed by atoms with Crippen LogP contribution in [0, 0.1) is 0 Å². The maximum atomic E-state index is 10.8. The first kappa shape index (κ1) is 12.2. The van der Waals surface area contributed by atoms with E-state index in [1.807, 2.05) is 18.2 Å². The highest BCUT2D eigenvalue weighted by atomic mass is 16.6. The van der Waals surface area contributed by atoms with Crippen LogP contribution < -0.4 is 5.32 Å². The molecule has 16 heavy (non-hydrogen) atoms. The second-order valence-corrected chi connectivity index (χ2v) is 3.05. The largest absolute Gasteiger partial charge is 0.392 e. The van der Waals surface area contributed by atoms with Gasteiger partial charge in [-0.3, -0.25) is 4.79 Å². The number of carbonyl (C=O) groups is 1. The lowest BCUT2D eigenvalue weighted by Gasteiger charge is -2.04. The van der Waals surface area contributed by atoms with Gasteiger partial charge in [0, 0.05) is 7.05 Å². The Hall–Kier alpha value is -1.88. The summed E-state index contributed by atoms with van der Waals surface area (Å²) >= 11 is 0. The van der Waals surface area contributed by atoms with Gasteiger partial charge in [0.15, 0.2) is 0 Å². The van der Waals surface area contributed by atoms with E-state index >= 15 is 0 Å². The molecule has 0 aromatic heterocycles. The molecule has 1 amide bonds. The van der Waals surface area contributed by atoms with Crippen LogP contribution >= 0.6 is 0 Å². The first-order valence-electron chi connectivity index (χ1n) is 4.82. The molecule has 0 spiro atoms. The molecule has 0 saturated heterocycles. The zero-order valence-electron chi connectivity index (χ0n) is 9.01. The zero-order valence-corrected chi connectivity index (χ0v) is 9.01. The van der Waals surface area contributed by atoms with Crippen molar-refractivity contribution < 1.29 is 14.7 Å². The van der Waals surface area contributed by atoms with Crippen LogP contribution in [0.5, 0.6) is 0 Å². The third-order valence-electron chi connectivity index (χ3n) is 2.00. The van der Waals surface area contributed by atoms with E-state index in [0.717, 1.165) is 17.3 Å². The lowest BCUT2D eigenvalue weighted by Crippen LogP contribution is -2.18. The lowest BCUT2D eigenvalue weighted by atomic mass is 10.1. The Morgan fingerprint density at radius 1 is 1.50 bits per heavy atom. The number of aliphatic hydroxyl groups is 1. The minimum Gasteiger partial charge on any atom is -0.392 e. The van der Waals surface area contributed by atoms with Gasteiger partial charge in [-0.15, -0.1) is 0 Å². The van der Waals surface area contributed by atoms with Crippen LogP contribution in [-0.2, 0) is 22.8 Å². The Bertz CT molecular complexity index is 377. The van der Waals surface area contributed by atoms with Gasteiger partial charge >= 0.3 is 0 Å². The number of amides is 1. The van der Waals surface area contributed by atoms with Gasteiger partial charge in [0.05, 0.1) is 6.61 Å². The Balaban J connectivity index is 2.48. The number of hydrogen-bond acceptors (Lipinski definition) is 4. The fraction of sp³-hybridized carbons (Fsp3) is 0.273. The summed E-state index contributed by atoms with van der Waals surface area (Å²) in [6.45, 7) is 0.183. The van der Waals surface area contributed by atoms with Gasteiger partial charge in [-0.2, -0.15) is 0 Å². The molecule has 2 N–H and O–H groups in total. The third kappa shape index (κ3) is 3.70. The number of rotatable bonds is 5. The molecule has 0 unspecified atom stereocenters. The highest BCUT2D eigenvalue weighted by Crippen LogP contribution is 2.09. The molecule has 1 aromatic rings. The zero-order chi connectivity index (χ0) is 11.8. The van der Waals surface area contributed by atoms with Crippen molar-refractivity contribution in [1.82, 2.24) is 5.32 Å². The lowest BCUT2D eigenvalue weighted by molar-refractivity contribution is -0.114. The van der Waals surface area contributed by atoms with Crippen LogP contribution in [0.3, 0.4) is 0 Å². The minimum atomic E-state index is -0.324. The van der Waals surface area contributed by atoms with Crippen molar-refractivity contribution in [3.05, 3.63) is 35.4 Å². The Kier molecular flexibility index (Phi) is 5.01. The van der Waals surface area contributed by atoms with E-state index in [-0.39, 0.29) is 19.1 Å². The summed E-state index contributed by atoms with van der Waals surface area (Å²) in [7, 11) is 1.51. The molecule has 0 aliphatic rings. The maximum Gasteiger partial charge on any atom is 0.265 e. The van der Waals surface area contributed by atoms with Gasteiger partial charge in [0.1, 0.15) is 12.8 Å². The summed E-state index contributed by atoms with van der Waals surface area (Å²) in [5, 5.41) is 14.9. The number of carbonyl (C=O) groups excluding carboxylic acids is 1. The van der Waals surface area contributed by atoms with Crippen LogP contribution in [0.2, 0.25) is 0 Å². The number of nitrogens with zero attached hydrogens (tertiary/aromatic N) is 1. The number of aliphatic hydroxyl groups excluding tert-OH is 1. The number of nitrogens with one attached hydrogen (secondary N) is 1. The van der Waals surface area contributed by atoms with E-state index in [2.05, 4.69) is 10.5 Å². The molecule has 0 aliphatic heterocycles. The predicted molar refractivity (Wildman–Crippen MR) is 59.7 cm³/mol. The molecule has 5 heteroatoms. The van der Waals surface area contributed by atoms with E-state index in [4.69, 9.17) is 9.94 Å². The van der Waals surface area contributed by atoms with Gasteiger partial charge in [0.25, 0.3) is 5.91 Å². The number of hydrogen-bond donors (Lipinski definition) is 2. The third-order valence-corrected chi connectivity index (χ3v) is 2.00. The molecule has 0 atom stereocenters. The smallest absolute Gasteiger partial charge is 0.265 e. The van der Waals surface area contributed by atoms with Crippen LogP contribution in [0.25, 0.3) is 0 Å². The number of oxime groups is 1. The molecule has 5 nitrogen and oxygen atoms in total. The molecule has 0 radical (unpaired) electrons. The topological polar surface area (TPSA) is 70.9 Å². The van der Waals surface area contributed by atoms with Crippen molar-refractivity contribution in [1.29, 1.82) is 0 Å². The molecule has 0 aliphatic carbocycles. The highest BCUT2D eigenvalue weighted by Gasteiger charge is 2.00. The SMILES string of the molecule is CNC(=O)C=NOCc1ccccc1CO. The number of benzene rings is 1.